The van der Waals surface area contributed by atoms with Gasteiger partial charge in [0.15, 0.2) is 5.78 Å². The van der Waals surface area contributed by atoms with E-state index in [1.165, 1.54) is 25.1 Å². The molecule has 0 fully saturated rings. The standard InChI is InChI=1S/C21H20F3NO4/c1-11(26)12-8-9-16-14(10-12)17(18(27)20(2,3)29-16)25-19(28)13-6-4-5-7-15(13)21(22,23)24/h4-10,17-18,27H,1-3H3,(H,25,28)/t17-,18-/m0/s1. The molecule has 0 saturated heterocycles. The van der Waals surface area contributed by atoms with Gasteiger partial charge >= 0.3 is 6.18 Å². The number of aliphatic hydroxyl groups excluding tert-OH is 1. The maximum Gasteiger partial charge on any atom is 0.417 e. The fourth-order valence-electron chi connectivity index (χ4n) is 3.32. The molecule has 5 nitrogen and oxygen atoms in total. The van der Waals surface area contributed by atoms with E-state index < -0.39 is 41.0 Å². The number of hydrogen-bond donors (Lipinski definition) is 2. The normalized spacial score (nSPS) is 20.4. The van der Waals surface area contributed by atoms with Crippen LogP contribution in [-0.4, -0.2) is 28.5 Å². The first-order valence-corrected chi connectivity index (χ1v) is 8.91. The monoisotopic (exact) mass is 407 g/mol. The van der Waals surface area contributed by atoms with Crippen molar-refractivity contribution in [3.63, 3.8) is 0 Å². The summed E-state index contributed by atoms with van der Waals surface area (Å²) in [6.07, 6.45) is -5.97. The molecule has 29 heavy (non-hydrogen) atoms. The summed E-state index contributed by atoms with van der Waals surface area (Å²) in [5.41, 5.74) is -2.10. The number of amides is 1. The molecular weight excluding hydrogens is 387 g/mol. The minimum absolute atomic E-state index is 0.236. The zero-order chi connectivity index (χ0) is 21.6. The summed E-state index contributed by atoms with van der Waals surface area (Å²) in [5, 5.41) is 13.2. The molecule has 0 spiro atoms. The number of halogens is 3. The van der Waals surface area contributed by atoms with Crippen molar-refractivity contribution >= 4 is 11.7 Å². The number of rotatable bonds is 3. The molecule has 1 aliphatic rings. The van der Waals surface area contributed by atoms with E-state index in [-0.39, 0.29) is 5.78 Å². The summed E-state index contributed by atoms with van der Waals surface area (Å²) in [6.45, 7) is 4.56. The van der Waals surface area contributed by atoms with E-state index in [9.17, 15) is 27.9 Å². The quantitative estimate of drug-likeness (QED) is 0.757. The van der Waals surface area contributed by atoms with Gasteiger partial charge in [-0.15, -0.1) is 0 Å². The maximum atomic E-state index is 13.3. The molecule has 2 atom stereocenters. The summed E-state index contributed by atoms with van der Waals surface area (Å²) in [5.74, 6) is -0.891. The maximum absolute atomic E-state index is 13.3. The number of benzene rings is 2. The Morgan fingerprint density at radius 3 is 2.41 bits per heavy atom. The Bertz CT molecular complexity index is 969. The van der Waals surface area contributed by atoms with Crippen molar-refractivity contribution in [2.75, 3.05) is 0 Å². The van der Waals surface area contributed by atoms with Crippen molar-refractivity contribution in [3.8, 4) is 5.75 Å². The molecular formula is C21H20F3NO4. The number of hydrogen-bond acceptors (Lipinski definition) is 4. The minimum atomic E-state index is -4.71. The zero-order valence-corrected chi connectivity index (χ0v) is 16.0. The summed E-state index contributed by atoms with van der Waals surface area (Å²) >= 11 is 0. The van der Waals surface area contributed by atoms with Gasteiger partial charge in [-0.1, -0.05) is 12.1 Å². The average molecular weight is 407 g/mol. The highest BCUT2D eigenvalue weighted by Crippen LogP contribution is 2.41. The summed E-state index contributed by atoms with van der Waals surface area (Å²) in [4.78, 5) is 24.5. The molecule has 2 aromatic carbocycles. The second kappa shape index (κ2) is 7.18. The molecule has 3 rings (SSSR count). The smallest absolute Gasteiger partial charge is 0.417 e. The Balaban J connectivity index is 2.04. The third-order valence-electron chi connectivity index (χ3n) is 4.92. The number of Topliss-reactive ketones (excluding diaryl/α,β-unsaturated/α-hetero) is 1. The first kappa shape index (κ1) is 20.9. The molecule has 1 heterocycles. The zero-order valence-electron chi connectivity index (χ0n) is 16.0. The van der Waals surface area contributed by atoms with Crippen molar-refractivity contribution < 1.29 is 32.6 Å². The lowest BCUT2D eigenvalue weighted by atomic mass is 9.85. The van der Waals surface area contributed by atoms with E-state index in [0.29, 0.717) is 16.9 Å². The van der Waals surface area contributed by atoms with Gasteiger partial charge in [0.25, 0.3) is 5.91 Å². The van der Waals surface area contributed by atoms with E-state index in [0.717, 1.165) is 12.1 Å². The second-order valence-corrected chi connectivity index (χ2v) is 7.45. The molecule has 0 radical (unpaired) electrons. The van der Waals surface area contributed by atoms with Gasteiger partial charge in [-0.3, -0.25) is 9.59 Å². The molecule has 0 aliphatic carbocycles. The number of carbonyl (C=O) groups excluding carboxylic acids is 2. The van der Waals surface area contributed by atoms with Crippen molar-refractivity contribution in [1.82, 2.24) is 5.32 Å². The van der Waals surface area contributed by atoms with Crippen LogP contribution in [0.3, 0.4) is 0 Å². The van der Waals surface area contributed by atoms with Crippen molar-refractivity contribution in [2.24, 2.45) is 0 Å². The van der Waals surface area contributed by atoms with Crippen LogP contribution in [0.2, 0.25) is 0 Å². The van der Waals surface area contributed by atoms with E-state index in [1.54, 1.807) is 26.0 Å². The lowest BCUT2D eigenvalue weighted by Gasteiger charge is -2.42. The first-order chi connectivity index (χ1) is 13.4. The number of aliphatic hydroxyl groups is 1. The summed E-state index contributed by atoms with van der Waals surface area (Å²) < 4.78 is 45.6. The van der Waals surface area contributed by atoms with Crippen LogP contribution in [0.15, 0.2) is 42.5 Å². The van der Waals surface area contributed by atoms with Gasteiger partial charge in [0.05, 0.1) is 17.2 Å². The number of carbonyl (C=O) groups is 2. The third-order valence-corrected chi connectivity index (χ3v) is 4.92. The molecule has 0 aromatic heterocycles. The van der Waals surface area contributed by atoms with Gasteiger partial charge in [-0.2, -0.15) is 13.2 Å². The van der Waals surface area contributed by atoms with Crippen molar-refractivity contribution in [1.29, 1.82) is 0 Å². The number of ketones is 1. The van der Waals surface area contributed by atoms with Crippen LogP contribution in [0.5, 0.6) is 5.75 Å². The highest BCUT2D eigenvalue weighted by molar-refractivity contribution is 5.97. The number of fused-ring (bicyclic) bond motifs is 1. The lowest BCUT2D eigenvalue weighted by Crippen LogP contribution is -2.53. The average Bonchev–Trinajstić information content (AvgIpc) is 2.64. The van der Waals surface area contributed by atoms with Crippen LogP contribution in [0.1, 0.15) is 58.7 Å². The Kier molecular flexibility index (Phi) is 5.17. The molecule has 1 amide bonds. The number of nitrogens with one attached hydrogen (secondary N) is 1. The lowest BCUT2D eigenvalue weighted by molar-refractivity contribution is -0.138. The van der Waals surface area contributed by atoms with Crippen LogP contribution in [0, 0.1) is 0 Å². The first-order valence-electron chi connectivity index (χ1n) is 8.91. The molecule has 1 aliphatic heterocycles. The van der Waals surface area contributed by atoms with E-state index >= 15 is 0 Å². The number of ether oxygens (including phenoxy) is 1. The van der Waals surface area contributed by atoms with Gasteiger partial charge in [0.2, 0.25) is 0 Å². The van der Waals surface area contributed by atoms with Gasteiger partial charge in [0.1, 0.15) is 17.5 Å². The van der Waals surface area contributed by atoms with E-state index in [4.69, 9.17) is 4.74 Å². The summed E-state index contributed by atoms with van der Waals surface area (Å²) in [7, 11) is 0. The minimum Gasteiger partial charge on any atom is -0.485 e. The molecule has 0 saturated carbocycles. The van der Waals surface area contributed by atoms with Gasteiger partial charge in [-0.05, 0) is 51.1 Å². The van der Waals surface area contributed by atoms with E-state index in [2.05, 4.69) is 5.32 Å². The van der Waals surface area contributed by atoms with Crippen molar-refractivity contribution in [2.45, 2.75) is 44.7 Å². The summed E-state index contributed by atoms with van der Waals surface area (Å²) in [6, 6.07) is 7.91. The fraction of sp³-hybridized carbons (Fsp3) is 0.333. The fourth-order valence-corrected chi connectivity index (χ4v) is 3.32. The van der Waals surface area contributed by atoms with Crippen molar-refractivity contribution in [3.05, 3.63) is 64.7 Å². The SMILES string of the molecule is CC(=O)c1ccc2c(c1)[C@H](NC(=O)c1ccccc1C(F)(F)F)[C@H](O)C(C)(C)O2. The molecule has 2 aromatic rings. The predicted octanol–water partition coefficient (Wildman–Crippen LogP) is 3.91. The van der Waals surface area contributed by atoms with Crippen LogP contribution in [0.25, 0.3) is 0 Å². The molecule has 8 heteroatoms. The van der Waals surface area contributed by atoms with Crippen LogP contribution < -0.4 is 10.1 Å². The Morgan fingerprint density at radius 2 is 1.79 bits per heavy atom. The predicted molar refractivity (Wildman–Crippen MR) is 98.8 cm³/mol. The Labute approximate surface area is 165 Å². The Morgan fingerprint density at radius 1 is 1.14 bits per heavy atom. The van der Waals surface area contributed by atoms with Crippen LogP contribution >= 0.6 is 0 Å². The largest absolute Gasteiger partial charge is 0.485 e. The van der Waals surface area contributed by atoms with Gasteiger partial charge in [0, 0.05) is 11.1 Å². The highest BCUT2D eigenvalue weighted by atomic mass is 19.4. The molecule has 0 bridgehead atoms. The van der Waals surface area contributed by atoms with Gasteiger partial charge in [-0.25, -0.2) is 0 Å². The van der Waals surface area contributed by atoms with Crippen LogP contribution in [0.4, 0.5) is 13.2 Å². The number of alkyl halides is 3. The van der Waals surface area contributed by atoms with Crippen LogP contribution in [-0.2, 0) is 6.18 Å². The molecule has 0 unspecified atom stereocenters. The molecule has 154 valence electrons. The topological polar surface area (TPSA) is 75.6 Å². The Hall–Kier alpha value is -2.87. The van der Waals surface area contributed by atoms with Gasteiger partial charge < -0.3 is 15.2 Å². The third kappa shape index (κ3) is 3.98. The molecule has 2 N–H and O–H groups in total. The second-order valence-electron chi connectivity index (χ2n) is 7.45. The highest BCUT2D eigenvalue weighted by Gasteiger charge is 2.44. The van der Waals surface area contributed by atoms with E-state index in [1.807, 2.05) is 0 Å².